The lowest BCUT2D eigenvalue weighted by atomic mass is 10.0. The van der Waals surface area contributed by atoms with Gasteiger partial charge in [0.05, 0.1) is 11.3 Å². The summed E-state index contributed by atoms with van der Waals surface area (Å²) in [5.74, 6) is -0.0171. The minimum atomic E-state index is -0.0976. The quantitative estimate of drug-likeness (QED) is 0.909. The van der Waals surface area contributed by atoms with Gasteiger partial charge in [-0.25, -0.2) is 0 Å². The SMILES string of the molecule is Cc1ccc(CCNC(=O)c2ccc3c(c2)N(C)C2CCCN2C3=O)cc1. The molecule has 2 amide bonds. The number of hydrogen-bond acceptors (Lipinski definition) is 3. The molecule has 0 aliphatic carbocycles. The van der Waals surface area contributed by atoms with Crippen LogP contribution in [0.25, 0.3) is 0 Å². The smallest absolute Gasteiger partial charge is 0.257 e. The lowest BCUT2D eigenvalue weighted by Gasteiger charge is -2.40. The van der Waals surface area contributed by atoms with E-state index in [1.54, 1.807) is 12.1 Å². The van der Waals surface area contributed by atoms with E-state index in [0.29, 0.717) is 17.7 Å². The Morgan fingerprint density at radius 3 is 2.74 bits per heavy atom. The summed E-state index contributed by atoms with van der Waals surface area (Å²) >= 11 is 0. The topological polar surface area (TPSA) is 52.7 Å². The van der Waals surface area contributed by atoms with E-state index in [1.807, 2.05) is 18.0 Å². The molecule has 0 bridgehead atoms. The second-order valence-corrected chi connectivity index (χ2v) is 7.46. The van der Waals surface area contributed by atoms with E-state index in [-0.39, 0.29) is 18.0 Å². The van der Waals surface area contributed by atoms with Gasteiger partial charge in [-0.05, 0) is 49.9 Å². The first kappa shape index (κ1) is 17.6. The Morgan fingerprint density at radius 2 is 1.96 bits per heavy atom. The fraction of sp³-hybridized carbons (Fsp3) is 0.364. The average molecular weight is 363 g/mol. The number of fused-ring (bicyclic) bond motifs is 2. The lowest BCUT2D eigenvalue weighted by molar-refractivity contribution is 0.0719. The monoisotopic (exact) mass is 363 g/mol. The molecule has 2 heterocycles. The van der Waals surface area contributed by atoms with Gasteiger partial charge in [-0.15, -0.1) is 0 Å². The van der Waals surface area contributed by atoms with Gasteiger partial charge in [0.15, 0.2) is 0 Å². The van der Waals surface area contributed by atoms with E-state index < -0.39 is 0 Å². The molecule has 0 radical (unpaired) electrons. The Morgan fingerprint density at radius 1 is 1.19 bits per heavy atom. The third-order valence-corrected chi connectivity index (χ3v) is 5.62. The first-order valence-corrected chi connectivity index (χ1v) is 9.56. The molecule has 4 rings (SSSR count). The molecule has 0 saturated carbocycles. The molecule has 1 unspecified atom stereocenters. The number of aryl methyl sites for hydroxylation is 1. The summed E-state index contributed by atoms with van der Waals surface area (Å²) < 4.78 is 0. The second-order valence-electron chi connectivity index (χ2n) is 7.46. The summed E-state index contributed by atoms with van der Waals surface area (Å²) in [4.78, 5) is 29.3. The van der Waals surface area contributed by atoms with Gasteiger partial charge in [0.25, 0.3) is 11.8 Å². The van der Waals surface area contributed by atoms with Crippen LogP contribution in [0.15, 0.2) is 42.5 Å². The standard InChI is InChI=1S/C22H25N3O2/c1-15-5-7-16(8-6-15)11-12-23-21(26)17-9-10-18-19(14-17)24(2)20-4-3-13-25(20)22(18)27/h5-10,14,20H,3-4,11-13H2,1-2H3,(H,23,26). The van der Waals surface area contributed by atoms with Gasteiger partial charge >= 0.3 is 0 Å². The van der Waals surface area contributed by atoms with E-state index >= 15 is 0 Å². The molecule has 0 spiro atoms. The summed E-state index contributed by atoms with van der Waals surface area (Å²) in [5, 5.41) is 2.99. The molecule has 2 aliphatic rings. The first-order chi connectivity index (χ1) is 13.0. The molecule has 1 fully saturated rings. The molecular formula is C22H25N3O2. The van der Waals surface area contributed by atoms with Crippen LogP contribution < -0.4 is 10.2 Å². The van der Waals surface area contributed by atoms with Crippen LogP contribution in [0.3, 0.4) is 0 Å². The third kappa shape index (κ3) is 3.29. The summed E-state index contributed by atoms with van der Waals surface area (Å²) in [6.45, 7) is 3.47. The maximum Gasteiger partial charge on any atom is 0.257 e. The summed E-state index contributed by atoms with van der Waals surface area (Å²) in [6, 6.07) is 13.7. The van der Waals surface area contributed by atoms with Gasteiger partial charge in [-0.3, -0.25) is 9.59 Å². The van der Waals surface area contributed by atoms with Crippen molar-refractivity contribution in [3.63, 3.8) is 0 Å². The van der Waals surface area contributed by atoms with Gasteiger partial charge in [-0.1, -0.05) is 29.8 Å². The molecule has 1 N–H and O–H groups in total. The first-order valence-electron chi connectivity index (χ1n) is 9.56. The fourth-order valence-electron chi connectivity index (χ4n) is 4.03. The van der Waals surface area contributed by atoms with Gasteiger partial charge in [-0.2, -0.15) is 0 Å². The van der Waals surface area contributed by atoms with Crippen LogP contribution in [0.1, 0.15) is 44.7 Å². The molecule has 2 aromatic rings. The van der Waals surface area contributed by atoms with E-state index in [9.17, 15) is 9.59 Å². The van der Waals surface area contributed by atoms with Gasteiger partial charge in [0.1, 0.15) is 6.17 Å². The predicted molar refractivity (Wildman–Crippen MR) is 106 cm³/mol. The zero-order valence-electron chi connectivity index (χ0n) is 15.9. The largest absolute Gasteiger partial charge is 0.354 e. The highest BCUT2D eigenvalue weighted by Gasteiger charge is 2.38. The lowest BCUT2D eigenvalue weighted by Crippen LogP contribution is -2.50. The molecule has 2 aromatic carbocycles. The molecule has 2 aliphatic heterocycles. The van der Waals surface area contributed by atoms with Crippen molar-refractivity contribution in [3.8, 4) is 0 Å². The maximum atomic E-state index is 12.7. The number of benzene rings is 2. The van der Waals surface area contributed by atoms with Crippen molar-refractivity contribution in [2.45, 2.75) is 32.4 Å². The van der Waals surface area contributed by atoms with Crippen molar-refractivity contribution in [1.29, 1.82) is 0 Å². The van der Waals surface area contributed by atoms with Crippen molar-refractivity contribution < 1.29 is 9.59 Å². The normalized spacial score (nSPS) is 18.3. The maximum absolute atomic E-state index is 12.7. The highest BCUT2D eigenvalue weighted by atomic mass is 16.2. The van der Waals surface area contributed by atoms with Crippen LogP contribution in [-0.2, 0) is 6.42 Å². The molecular weight excluding hydrogens is 338 g/mol. The van der Waals surface area contributed by atoms with E-state index in [4.69, 9.17) is 0 Å². The van der Waals surface area contributed by atoms with Gasteiger partial charge < -0.3 is 15.1 Å². The highest BCUT2D eigenvalue weighted by molar-refractivity contribution is 6.04. The Labute approximate surface area is 160 Å². The zero-order chi connectivity index (χ0) is 19.0. The highest BCUT2D eigenvalue weighted by Crippen LogP contribution is 2.35. The van der Waals surface area contributed by atoms with Crippen LogP contribution in [0, 0.1) is 6.92 Å². The molecule has 5 nitrogen and oxygen atoms in total. The van der Waals surface area contributed by atoms with E-state index in [1.165, 1.54) is 11.1 Å². The Bertz CT molecular complexity index is 876. The molecule has 27 heavy (non-hydrogen) atoms. The van der Waals surface area contributed by atoms with Crippen LogP contribution in [0.5, 0.6) is 0 Å². The van der Waals surface area contributed by atoms with Crippen molar-refractivity contribution in [1.82, 2.24) is 10.2 Å². The zero-order valence-corrected chi connectivity index (χ0v) is 15.9. The summed E-state index contributed by atoms with van der Waals surface area (Å²) in [6.07, 6.45) is 2.92. The van der Waals surface area contributed by atoms with Crippen LogP contribution in [-0.4, -0.2) is 43.0 Å². The minimum absolute atomic E-state index is 0.0805. The van der Waals surface area contributed by atoms with E-state index in [0.717, 1.165) is 31.5 Å². The van der Waals surface area contributed by atoms with Gasteiger partial charge in [0, 0.05) is 25.7 Å². The number of amides is 2. The second kappa shape index (κ2) is 7.06. The number of carbonyl (C=O) groups excluding carboxylic acids is 2. The number of anilines is 1. The average Bonchev–Trinajstić information content (AvgIpc) is 3.17. The Hall–Kier alpha value is -2.82. The summed E-state index contributed by atoms with van der Waals surface area (Å²) in [5.41, 5.74) is 4.58. The summed E-state index contributed by atoms with van der Waals surface area (Å²) in [7, 11) is 2.01. The van der Waals surface area contributed by atoms with Crippen LogP contribution in [0.2, 0.25) is 0 Å². The Balaban J connectivity index is 1.45. The number of nitrogens with zero attached hydrogens (tertiary/aromatic N) is 2. The number of rotatable bonds is 4. The fourth-order valence-corrected chi connectivity index (χ4v) is 4.03. The van der Waals surface area contributed by atoms with Gasteiger partial charge in [0.2, 0.25) is 0 Å². The van der Waals surface area contributed by atoms with Crippen molar-refractivity contribution in [2.24, 2.45) is 0 Å². The molecule has 1 saturated heterocycles. The van der Waals surface area contributed by atoms with Crippen molar-refractivity contribution >= 4 is 17.5 Å². The number of hydrogen-bond donors (Lipinski definition) is 1. The van der Waals surface area contributed by atoms with Crippen LogP contribution >= 0.6 is 0 Å². The van der Waals surface area contributed by atoms with Crippen molar-refractivity contribution in [3.05, 3.63) is 64.7 Å². The number of carbonyl (C=O) groups is 2. The molecule has 5 heteroatoms. The van der Waals surface area contributed by atoms with E-state index in [2.05, 4.69) is 41.4 Å². The molecule has 140 valence electrons. The predicted octanol–water partition coefficient (Wildman–Crippen LogP) is 2.98. The Kier molecular flexibility index (Phi) is 4.60. The number of nitrogens with one attached hydrogen (secondary N) is 1. The van der Waals surface area contributed by atoms with Crippen molar-refractivity contribution in [2.75, 3.05) is 25.0 Å². The molecule has 0 aromatic heterocycles. The molecule has 1 atom stereocenters. The minimum Gasteiger partial charge on any atom is -0.354 e. The third-order valence-electron chi connectivity index (χ3n) is 5.62. The van der Waals surface area contributed by atoms with Crippen LogP contribution in [0.4, 0.5) is 5.69 Å².